The summed E-state index contributed by atoms with van der Waals surface area (Å²) in [7, 11) is 1.20. The molecular weight excluding hydrogens is 341 g/mol. The molecule has 120 valence electrons. The maximum Gasteiger partial charge on any atom is 0.341 e. The second-order valence-electron chi connectivity index (χ2n) is 4.53. The molecule has 0 amide bonds. The lowest BCUT2D eigenvalue weighted by Gasteiger charge is -2.07. The zero-order valence-corrected chi connectivity index (χ0v) is 13.7. The van der Waals surface area contributed by atoms with E-state index >= 15 is 0 Å². The normalized spacial score (nSPS) is 11.3. The first-order chi connectivity index (χ1) is 11.0. The summed E-state index contributed by atoms with van der Waals surface area (Å²) in [6, 6.07) is 4.90. The van der Waals surface area contributed by atoms with Crippen molar-refractivity contribution in [2.24, 2.45) is 0 Å². The molecule has 0 spiro atoms. The van der Waals surface area contributed by atoms with Crippen molar-refractivity contribution in [1.82, 2.24) is 4.98 Å². The van der Waals surface area contributed by atoms with E-state index in [2.05, 4.69) is 9.72 Å². The molecule has 0 saturated carbocycles. The number of rotatable bonds is 6. The summed E-state index contributed by atoms with van der Waals surface area (Å²) >= 11 is 12.1. The second-order valence-corrected chi connectivity index (χ2v) is 5.35. The number of halogens is 2. The minimum Gasteiger partial charge on any atom is -0.465 e. The average molecular weight is 354 g/mol. The Bertz CT molecular complexity index is 718. The fourth-order valence-corrected chi connectivity index (χ4v) is 2.39. The molecule has 1 aromatic carbocycles. The predicted octanol–water partition coefficient (Wildman–Crippen LogP) is 3.74. The van der Waals surface area contributed by atoms with Crippen LogP contribution in [-0.2, 0) is 20.7 Å². The van der Waals surface area contributed by atoms with Gasteiger partial charge in [-0.25, -0.2) is 9.78 Å². The highest BCUT2D eigenvalue weighted by Crippen LogP contribution is 2.27. The molecule has 0 bridgehead atoms. The maximum atomic E-state index is 12.3. The third-order valence-electron chi connectivity index (χ3n) is 3.04. The lowest BCUT2D eigenvalue weighted by Crippen LogP contribution is -2.15. The SMILES string of the molecule is COC(=O)C(=Cc1c(Cl)cccc1Cl)C(=O)CCc1ncco1. The molecule has 1 heterocycles. The Morgan fingerprint density at radius 1 is 1.30 bits per heavy atom. The van der Waals surface area contributed by atoms with Crippen molar-refractivity contribution < 1.29 is 18.7 Å². The highest BCUT2D eigenvalue weighted by atomic mass is 35.5. The Labute approximate surface area is 142 Å². The number of ketones is 1. The molecule has 0 fully saturated rings. The summed E-state index contributed by atoms with van der Waals surface area (Å²) in [6.45, 7) is 0. The van der Waals surface area contributed by atoms with Crippen molar-refractivity contribution in [3.05, 3.63) is 57.7 Å². The largest absolute Gasteiger partial charge is 0.465 e. The first kappa shape index (κ1) is 17.2. The number of carbonyl (C=O) groups is 2. The molecule has 23 heavy (non-hydrogen) atoms. The monoisotopic (exact) mass is 353 g/mol. The number of Topliss-reactive ketones (excluding diaryl/α,β-unsaturated/α-hetero) is 1. The molecule has 0 N–H and O–H groups in total. The summed E-state index contributed by atoms with van der Waals surface area (Å²) < 4.78 is 9.73. The van der Waals surface area contributed by atoms with Gasteiger partial charge in [0.05, 0.1) is 13.3 Å². The zero-order chi connectivity index (χ0) is 16.8. The van der Waals surface area contributed by atoms with Crippen LogP contribution in [0.15, 0.2) is 40.6 Å². The second kappa shape index (κ2) is 7.94. The Morgan fingerprint density at radius 3 is 2.57 bits per heavy atom. The summed E-state index contributed by atoms with van der Waals surface area (Å²) in [5.74, 6) is -0.747. The third kappa shape index (κ3) is 4.43. The van der Waals surface area contributed by atoms with Crippen molar-refractivity contribution >= 4 is 41.0 Å². The van der Waals surface area contributed by atoms with E-state index in [1.165, 1.54) is 25.6 Å². The topological polar surface area (TPSA) is 69.4 Å². The van der Waals surface area contributed by atoms with Crippen LogP contribution >= 0.6 is 23.2 Å². The first-order valence-corrected chi connectivity index (χ1v) is 7.44. The molecule has 0 aliphatic carbocycles. The Hall–Kier alpha value is -2.11. The molecule has 2 rings (SSSR count). The smallest absolute Gasteiger partial charge is 0.341 e. The van der Waals surface area contributed by atoms with E-state index in [9.17, 15) is 9.59 Å². The van der Waals surface area contributed by atoms with Crippen LogP contribution in [0, 0.1) is 0 Å². The van der Waals surface area contributed by atoms with Gasteiger partial charge < -0.3 is 9.15 Å². The molecule has 0 atom stereocenters. The lowest BCUT2D eigenvalue weighted by atomic mass is 10.0. The summed E-state index contributed by atoms with van der Waals surface area (Å²) in [4.78, 5) is 28.2. The molecule has 1 aromatic heterocycles. The van der Waals surface area contributed by atoms with E-state index in [0.717, 1.165) is 0 Å². The molecule has 0 unspecified atom stereocenters. The number of methoxy groups -OCH3 is 1. The minimum absolute atomic E-state index is 0.0452. The van der Waals surface area contributed by atoms with Crippen LogP contribution in [0.4, 0.5) is 0 Å². The molecule has 7 heteroatoms. The van der Waals surface area contributed by atoms with E-state index < -0.39 is 11.8 Å². The van der Waals surface area contributed by atoms with Gasteiger partial charge in [-0.2, -0.15) is 0 Å². The van der Waals surface area contributed by atoms with Gasteiger partial charge in [0.1, 0.15) is 11.8 Å². The Kier molecular flexibility index (Phi) is 5.96. The number of carbonyl (C=O) groups excluding carboxylic acids is 2. The van der Waals surface area contributed by atoms with Crippen molar-refractivity contribution in [1.29, 1.82) is 0 Å². The summed E-state index contributed by atoms with van der Waals surface area (Å²) in [5, 5.41) is 0.666. The van der Waals surface area contributed by atoms with Crippen LogP contribution in [0.25, 0.3) is 6.08 Å². The lowest BCUT2D eigenvalue weighted by molar-refractivity contribution is -0.137. The van der Waals surface area contributed by atoms with Crippen LogP contribution in [-0.4, -0.2) is 23.8 Å². The number of oxazole rings is 1. The minimum atomic E-state index is -0.751. The summed E-state index contributed by atoms with van der Waals surface area (Å²) in [5.41, 5.74) is 0.259. The molecule has 0 saturated heterocycles. The fraction of sp³-hybridized carbons (Fsp3) is 0.188. The Balaban J connectivity index is 2.27. The van der Waals surface area contributed by atoms with Crippen LogP contribution in [0.1, 0.15) is 17.9 Å². The van der Waals surface area contributed by atoms with E-state index in [1.807, 2.05) is 0 Å². The highest BCUT2D eigenvalue weighted by Gasteiger charge is 2.20. The molecule has 0 aliphatic heterocycles. The third-order valence-corrected chi connectivity index (χ3v) is 3.70. The summed E-state index contributed by atoms with van der Waals surface area (Å²) in [6.07, 6.45) is 4.56. The van der Waals surface area contributed by atoms with Gasteiger partial charge in [0, 0.05) is 28.5 Å². The van der Waals surface area contributed by atoms with Gasteiger partial charge in [-0.05, 0) is 18.2 Å². The number of ether oxygens (including phenoxy) is 1. The van der Waals surface area contributed by atoms with E-state index in [-0.39, 0.29) is 18.4 Å². The van der Waals surface area contributed by atoms with Crippen molar-refractivity contribution in [2.45, 2.75) is 12.8 Å². The number of hydrogen-bond donors (Lipinski definition) is 0. The highest BCUT2D eigenvalue weighted by molar-refractivity contribution is 6.37. The molecule has 2 aromatic rings. The fourth-order valence-electron chi connectivity index (χ4n) is 1.89. The quantitative estimate of drug-likeness (QED) is 0.342. The van der Waals surface area contributed by atoms with E-state index in [1.54, 1.807) is 18.2 Å². The van der Waals surface area contributed by atoms with Crippen LogP contribution in [0.3, 0.4) is 0 Å². The van der Waals surface area contributed by atoms with Gasteiger partial charge in [-0.1, -0.05) is 29.3 Å². The van der Waals surface area contributed by atoms with Crippen LogP contribution < -0.4 is 0 Å². The van der Waals surface area contributed by atoms with Gasteiger partial charge >= 0.3 is 5.97 Å². The first-order valence-electron chi connectivity index (χ1n) is 6.68. The average Bonchev–Trinajstić information content (AvgIpc) is 3.05. The molecular formula is C16H13Cl2NO4. The number of nitrogens with zero attached hydrogens (tertiary/aromatic N) is 1. The van der Waals surface area contributed by atoms with Crippen LogP contribution in [0.5, 0.6) is 0 Å². The van der Waals surface area contributed by atoms with Crippen molar-refractivity contribution in [2.75, 3.05) is 7.11 Å². The van der Waals surface area contributed by atoms with Gasteiger partial charge in [-0.15, -0.1) is 0 Å². The number of aromatic nitrogens is 1. The number of aryl methyl sites for hydroxylation is 1. The predicted molar refractivity (Wildman–Crippen MR) is 86.3 cm³/mol. The van der Waals surface area contributed by atoms with Gasteiger partial charge in [0.25, 0.3) is 0 Å². The molecule has 0 aliphatic rings. The van der Waals surface area contributed by atoms with Gasteiger partial charge in [0.2, 0.25) is 0 Å². The standard InChI is InChI=1S/C16H13Cl2NO4/c1-22-16(21)11(9-10-12(17)3-2-4-13(10)18)14(20)5-6-15-19-7-8-23-15/h2-4,7-9H,5-6H2,1H3. The molecule has 0 radical (unpaired) electrons. The number of hydrogen-bond acceptors (Lipinski definition) is 5. The maximum absolute atomic E-state index is 12.3. The van der Waals surface area contributed by atoms with Crippen molar-refractivity contribution in [3.8, 4) is 0 Å². The molecule has 5 nitrogen and oxygen atoms in total. The number of esters is 1. The van der Waals surface area contributed by atoms with Gasteiger partial charge in [-0.3, -0.25) is 4.79 Å². The van der Waals surface area contributed by atoms with E-state index in [4.69, 9.17) is 27.6 Å². The zero-order valence-electron chi connectivity index (χ0n) is 12.2. The van der Waals surface area contributed by atoms with Crippen molar-refractivity contribution in [3.63, 3.8) is 0 Å². The number of benzene rings is 1. The Morgan fingerprint density at radius 2 is 2.00 bits per heavy atom. The van der Waals surface area contributed by atoms with Gasteiger partial charge in [0.15, 0.2) is 11.7 Å². The van der Waals surface area contributed by atoms with E-state index in [0.29, 0.717) is 21.5 Å². The van der Waals surface area contributed by atoms with Crippen LogP contribution in [0.2, 0.25) is 10.0 Å².